The summed E-state index contributed by atoms with van der Waals surface area (Å²) in [6.07, 6.45) is 0. The SMILES string of the molecule is CC(C)(O)C(C)(C)NC(=O)c1cccc([N+](=O)[O-])c1. The number of nitro groups is 1. The number of nitrogens with one attached hydrogen (secondary N) is 1. The number of nitro benzene ring substituents is 1. The maximum atomic E-state index is 12.0. The largest absolute Gasteiger partial charge is 0.388 e. The Balaban J connectivity index is 2.96. The summed E-state index contributed by atoms with van der Waals surface area (Å²) in [5.74, 6) is -0.462. The zero-order valence-corrected chi connectivity index (χ0v) is 11.4. The van der Waals surface area contributed by atoms with Gasteiger partial charge >= 0.3 is 0 Å². The number of benzene rings is 1. The molecule has 0 spiro atoms. The minimum atomic E-state index is -1.12. The third kappa shape index (κ3) is 3.51. The van der Waals surface area contributed by atoms with Crippen molar-refractivity contribution in [1.82, 2.24) is 5.32 Å². The molecule has 1 amide bonds. The van der Waals surface area contributed by atoms with Crippen LogP contribution in [-0.2, 0) is 0 Å². The van der Waals surface area contributed by atoms with Gasteiger partial charge in [-0.1, -0.05) is 6.07 Å². The van der Waals surface area contributed by atoms with E-state index < -0.39 is 22.0 Å². The third-order valence-corrected chi connectivity index (χ3v) is 3.27. The molecule has 0 radical (unpaired) electrons. The molecule has 0 fully saturated rings. The van der Waals surface area contributed by atoms with E-state index in [1.165, 1.54) is 24.3 Å². The van der Waals surface area contributed by atoms with Crippen molar-refractivity contribution >= 4 is 11.6 Å². The van der Waals surface area contributed by atoms with Gasteiger partial charge in [-0.05, 0) is 33.8 Å². The van der Waals surface area contributed by atoms with Crippen LogP contribution in [0.3, 0.4) is 0 Å². The number of amides is 1. The smallest absolute Gasteiger partial charge is 0.270 e. The van der Waals surface area contributed by atoms with Gasteiger partial charge in [0, 0.05) is 17.7 Å². The van der Waals surface area contributed by atoms with Crippen LogP contribution < -0.4 is 5.32 Å². The summed E-state index contributed by atoms with van der Waals surface area (Å²) in [6.45, 7) is 6.53. The Bertz CT molecular complexity index is 504. The molecule has 0 aliphatic carbocycles. The maximum Gasteiger partial charge on any atom is 0.270 e. The van der Waals surface area contributed by atoms with E-state index in [1.807, 2.05) is 0 Å². The average molecular weight is 266 g/mol. The van der Waals surface area contributed by atoms with E-state index in [9.17, 15) is 20.0 Å². The van der Waals surface area contributed by atoms with Gasteiger partial charge in [0.25, 0.3) is 11.6 Å². The highest BCUT2D eigenvalue weighted by atomic mass is 16.6. The average Bonchev–Trinajstić information content (AvgIpc) is 2.27. The molecule has 1 rings (SSSR count). The van der Waals surface area contributed by atoms with Gasteiger partial charge in [-0.15, -0.1) is 0 Å². The van der Waals surface area contributed by atoms with Crippen LogP contribution in [0.25, 0.3) is 0 Å². The van der Waals surface area contributed by atoms with E-state index in [1.54, 1.807) is 27.7 Å². The monoisotopic (exact) mass is 266 g/mol. The quantitative estimate of drug-likeness (QED) is 0.642. The van der Waals surface area contributed by atoms with Gasteiger partial charge in [0.05, 0.1) is 16.1 Å². The molecule has 0 heterocycles. The molecule has 0 aromatic heterocycles. The second-order valence-corrected chi connectivity index (χ2v) is 5.45. The van der Waals surface area contributed by atoms with E-state index in [-0.39, 0.29) is 11.3 Å². The molecular weight excluding hydrogens is 248 g/mol. The molecule has 2 N–H and O–H groups in total. The summed E-state index contributed by atoms with van der Waals surface area (Å²) in [7, 11) is 0. The summed E-state index contributed by atoms with van der Waals surface area (Å²) in [5.41, 5.74) is -1.95. The molecule has 0 bridgehead atoms. The van der Waals surface area contributed by atoms with E-state index in [4.69, 9.17) is 0 Å². The number of hydrogen-bond donors (Lipinski definition) is 2. The van der Waals surface area contributed by atoms with Gasteiger partial charge < -0.3 is 10.4 Å². The number of rotatable bonds is 4. The fourth-order valence-electron chi connectivity index (χ4n) is 1.27. The summed E-state index contributed by atoms with van der Waals surface area (Å²) in [5, 5.41) is 23.3. The Kier molecular flexibility index (Phi) is 3.95. The fraction of sp³-hybridized carbons (Fsp3) is 0.462. The minimum absolute atomic E-state index is 0.145. The Labute approximate surface area is 111 Å². The van der Waals surface area contributed by atoms with Crippen LogP contribution in [0.1, 0.15) is 38.1 Å². The Hall–Kier alpha value is -1.95. The molecule has 104 valence electrons. The summed E-state index contributed by atoms with van der Waals surface area (Å²) >= 11 is 0. The molecular formula is C13H18N2O4. The molecule has 0 atom stereocenters. The van der Waals surface area contributed by atoms with Gasteiger partial charge in [-0.25, -0.2) is 0 Å². The lowest BCUT2D eigenvalue weighted by atomic mass is 9.85. The molecule has 6 nitrogen and oxygen atoms in total. The highest BCUT2D eigenvalue weighted by Gasteiger charge is 2.36. The number of carbonyl (C=O) groups is 1. The van der Waals surface area contributed by atoms with Gasteiger partial charge in [0.15, 0.2) is 0 Å². The van der Waals surface area contributed by atoms with E-state index in [2.05, 4.69) is 5.32 Å². The maximum absolute atomic E-state index is 12.0. The van der Waals surface area contributed by atoms with Crippen LogP contribution in [0, 0.1) is 10.1 Å². The van der Waals surface area contributed by atoms with Crippen LogP contribution in [0.5, 0.6) is 0 Å². The summed E-state index contributed by atoms with van der Waals surface area (Å²) in [6, 6.07) is 5.46. The van der Waals surface area contributed by atoms with E-state index in [0.717, 1.165) is 0 Å². The van der Waals surface area contributed by atoms with Crippen LogP contribution in [0.4, 0.5) is 5.69 Å². The van der Waals surface area contributed by atoms with Crippen molar-refractivity contribution < 1.29 is 14.8 Å². The van der Waals surface area contributed by atoms with Gasteiger partial charge in [-0.3, -0.25) is 14.9 Å². The zero-order valence-electron chi connectivity index (χ0n) is 11.4. The fourth-order valence-corrected chi connectivity index (χ4v) is 1.27. The number of hydrogen-bond acceptors (Lipinski definition) is 4. The van der Waals surface area contributed by atoms with Crippen molar-refractivity contribution in [1.29, 1.82) is 0 Å². The lowest BCUT2D eigenvalue weighted by Crippen LogP contribution is -2.57. The molecule has 0 unspecified atom stereocenters. The topological polar surface area (TPSA) is 92.5 Å². The standard InChI is InChI=1S/C13H18N2O4/c1-12(2,13(3,4)17)14-11(16)9-6-5-7-10(8-9)15(18)19/h5-8,17H,1-4H3,(H,14,16). The highest BCUT2D eigenvalue weighted by Crippen LogP contribution is 2.21. The van der Waals surface area contributed by atoms with Crippen molar-refractivity contribution in [3.05, 3.63) is 39.9 Å². The van der Waals surface area contributed by atoms with Crippen molar-refractivity contribution in [2.45, 2.75) is 38.8 Å². The summed E-state index contributed by atoms with van der Waals surface area (Å²) < 4.78 is 0. The number of aliphatic hydroxyl groups is 1. The van der Waals surface area contributed by atoms with Crippen molar-refractivity contribution in [2.75, 3.05) is 0 Å². The second kappa shape index (κ2) is 4.97. The Morgan fingerprint density at radius 3 is 2.37 bits per heavy atom. The van der Waals surface area contributed by atoms with E-state index in [0.29, 0.717) is 0 Å². The molecule has 19 heavy (non-hydrogen) atoms. The molecule has 6 heteroatoms. The van der Waals surface area contributed by atoms with Crippen molar-refractivity contribution in [2.24, 2.45) is 0 Å². The Morgan fingerprint density at radius 2 is 1.89 bits per heavy atom. The first-order valence-electron chi connectivity index (χ1n) is 5.84. The first-order chi connectivity index (χ1) is 8.54. The summed E-state index contributed by atoms with van der Waals surface area (Å²) in [4.78, 5) is 22.1. The third-order valence-electron chi connectivity index (χ3n) is 3.27. The normalized spacial score (nSPS) is 12.1. The predicted molar refractivity (Wildman–Crippen MR) is 70.9 cm³/mol. The number of nitrogens with zero attached hydrogens (tertiary/aromatic N) is 1. The number of carbonyl (C=O) groups excluding carboxylic acids is 1. The number of non-ortho nitro benzene ring substituents is 1. The van der Waals surface area contributed by atoms with Gasteiger partial charge in [-0.2, -0.15) is 0 Å². The zero-order chi connectivity index (χ0) is 14.8. The van der Waals surface area contributed by atoms with Crippen molar-refractivity contribution in [3.63, 3.8) is 0 Å². The Morgan fingerprint density at radius 1 is 1.32 bits per heavy atom. The molecule has 0 aliphatic heterocycles. The van der Waals surface area contributed by atoms with Crippen LogP contribution >= 0.6 is 0 Å². The molecule has 0 aliphatic rings. The lowest BCUT2D eigenvalue weighted by Gasteiger charge is -2.37. The highest BCUT2D eigenvalue weighted by molar-refractivity contribution is 5.95. The van der Waals surface area contributed by atoms with E-state index >= 15 is 0 Å². The first-order valence-corrected chi connectivity index (χ1v) is 5.84. The lowest BCUT2D eigenvalue weighted by molar-refractivity contribution is -0.384. The van der Waals surface area contributed by atoms with Gasteiger partial charge in [0.1, 0.15) is 0 Å². The molecule has 0 saturated carbocycles. The van der Waals surface area contributed by atoms with Crippen molar-refractivity contribution in [3.8, 4) is 0 Å². The minimum Gasteiger partial charge on any atom is -0.388 e. The van der Waals surface area contributed by atoms with Crippen LogP contribution in [-0.4, -0.2) is 27.1 Å². The molecule has 1 aromatic rings. The van der Waals surface area contributed by atoms with Crippen LogP contribution in [0.2, 0.25) is 0 Å². The second-order valence-electron chi connectivity index (χ2n) is 5.45. The van der Waals surface area contributed by atoms with Gasteiger partial charge in [0.2, 0.25) is 0 Å². The molecule has 0 saturated heterocycles. The van der Waals surface area contributed by atoms with Crippen LogP contribution in [0.15, 0.2) is 24.3 Å². The molecule has 1 aromatic carbocycles. The first kappa shape index (κ1) is 15.1. The predicted octanol–water partition coefficient (Wildman–Crippen LogP) is 1.87.